The molecule has 1 saturated heterocycles. The molecular weight excluding hydrogens is 262 g/mol. The van der Waals surface area contributed by atoms with Crippen molar-refractivity contribution in [2.75, 3.05) is 11.5 Å². The molecule has 0 aromatic heterocycles. The first-order valence-electron chi connectivity index (χ1n) is 6.15. The van der Waals surface area contributed by atoms with Crippen LogP contribution in [0.2, 0.25) is 0 Å². The van der Waals surface area contributed by atoms with Crippen molar-refractivity contribution in [1.82, 2.24) is 5.32 Å². The minimum absolute atomic E-state index is 0.303. The zero-order chi connectivity index (χ0) is 14.0. The molecule has 0 spiro atoms. The number of carbonyl (C=O) groups excluding carboxylic acids is 1. The highest BCUT2D eigenvalue weighted by molar-refractivity contribution is 7.99. The molecule has 2 N–H and O–H groups in total. The van der Waals surface area contributed by atoms with E-state index in [1.165, 1.54) is 0 Å². The van der Waals surface area contributed by atoms with Crippen LogP contribution in [0.5, 0.6) is 0 Å². The van der Waals surface area contributed by atoms with Crippen molar-refractivity contribution < 1.29 is 14.7 Å². The van der Waals surface area contributed by atoms with Crippen LogP contribution >= 0.6 is 11.8 Å². The average molecular weight is 279 g/mol. The lowest BCUT2D eigenvalue weighted by atomic mass is 9.97. The molecule has 5 heteroatoms. The lowest BCUT2D eigenvalue weighted by molar-refractivity contribution is -0.143. The van der Waals surface area contributed by atoms with Crippen LogP contribution in [-0.2, 0) is 4.79 Å². The predicted molar refractivity (Wildman–Crippen MR) is 75.7 cm³/mol. The second kappa shape index (κ2) is 5.25. The molecule has 1 aromatic carbocycles. The van der Waals surface area contributed by atoms with Gasteiger partial charge in [0.15, 0.2) is 0 Å². The van der Waals surface area contributed by atoms with Crippen LogP contribution in [0.15, 0.2) is 18.2 Å². The number of nitrogens with one attached hydrogen (secondary N) is 1. The van der Waals surface area contributed by atoms with E-state index in [-0.39, 0.29) is 5.91 Å². The van der Waals surface area contributed by atoms with E-state index >= 15 is 0 Å². The number of hydrogen-bond acceptors (Lipinski definition) is 3. The topological polar surface area (TPSA) is 66.4 Å². The third-order valence-corrected chi connectivity index (χ3v) is 4.60. The largest absolute Gasteiger partial charge is 0.479 e. The van der Waals surface area contributed by atoms with Gasteiger partial charge < -0.3 is 10.4 Å². The lowest BCUT2D eigenvalue weighted by Crippen LogP contribution is -2.54. The van der Waals surface area contributed by atoms with Gasteiger partial charge in [-0.25, -0.2) is 4.79 Å². The summed E-state index contributed by atoms with van der Waals surface area (Å²) in [6.45, 7) is 3.82. The standard InChI is InChI=1S/C14H17NO3S/c1-9-3-4-11(10(2)7-9)12(16)15-14(13(17)18)5-6-19-8-14/h3-4,7H,5-6,8H2,1-2H3,(H,15,16)(H,17,18). The Hall–Kier alpha value is -1.49. The SMILES string of the molecule is Cc1ccc(C(=O)NC2(C(=O)O)CCSC2)c(C)c1. The molecule has 1 amide bonds. The monoisotopic (exact) mass is 279 g/mol. The Bertz CT molecular complexity index is 521. The Morgan fingerprint density at radius 2 is 2.11 bits per heavy atom. The average Bonchev–Trinajstić information content (AvgIpc) is 2.78. The Morgan fingerprint density at radius 3 is 2.63 bits per heavy atom. The van der Waals surface area contributed by atoms with Gasteiger partial charge >= 0.3 is 5.97 Å². The van der Waals surface area contributed by atoms with Crippen molar-refractivity contribution in [1.29, 1.82) is 0 Å². The van der Waals surface area contributed by atoms with E-state index in [4.69, 9.17) is 0 Å². The molecule has 4 nitrogen and oxygen atoms in total. The van der Waals surface area contributed by atoms with Crippen LogP contribution in [0.4, 0.5) is 0 Å². The normalized spacial score (nSPS) is 22.2. The molecular formula is C14H17NO3S. The minimum atomic E-state index is -1.11. The van der Waals surface area contributed by atoms with E-state index < -0.39 is 11.5 Å². The molecule has 0 aliphatic carbocycles. The second-order valence-electron chi connectivity index (χ2n) is 4.96. The van der Waals surface area contributed by atoms with Crippen LogP contribution in [0, 0.1) is 13.8 Å². The fourth-order valence-corrected chi connectivity index (χ4v) is 3.56. The number of aliphatic carboxylic acids is 1. The first-order valence-corrected chi connectivity index (χ1v) is 7.31. The lowest BCUT2D eigenvalue weighted by Gasteiger charge is -2.25. The molecule has 1 atom stereocenters. The summed E-state index contributed by atoms with van der Waals surface area (Å²) in [6, 6.07) is 5.53. The van der Waals surface area contributed by atoms with Crippen molar-refractivity contribution in [3.8, 4) is 0 Å². The number of aryl methyl sites for hydroxylation is 2. The molecule has 1 aromatic rings. The Balaban J connectivity index is 2.22. The summed E-state index contributed by atoms with van der Waals surface area (Å²) in [7, 11) is 0. The number of hydrogen-bond donors (Lipinski definition) is 2. The molecule has 0 bridgehead atoms. The maximum Gasteiger partial charge on any atom is 0.330 e. The van der Waals surface area contributed by atoms with E-state index in [1.54, 1.807) is 17.8 Å². The van der Waals surface area contributed by atoms with Gasteiger partial charge in [-0.15, -0.1) is 0 Å². The third kappa shape index (κ3) is 2.76. The van der Waals surface area contributed by atoms with Crippen LogP contribution in [0.25, 0.3) is 0 Å². The highest BCUT2D eigenvalue weighted by Gasteiger charge is 2.43. The van der Waals surface area contributed by atoms with E-state index in [0.717, 1.165) is 16.9 Å². The number of rotatable bonds is 3. The van der Waals surface area contributed by atoms with Crippen molar-refractivity contribution in [3.63, 3.8) is 0 Å². The first-order chi connectivity index (χ1) is 8.94. The van der Waals surface area contributed by atoms with Crippen molar-refractivity contribution in [2.45, 2.75) is 25.8 Å². The summed E-state index contributed by atoms with van der Waals surface area (Å²) in [6.07, 6.45) is 0.476. The van der Waals surface area contributed by atoms with Crippen molar-refractivity contribution in [2.24, 2.45) is 0 Å². The Labute approximate surface area is 116 Å². The first kappa shape index (κ1) is 13.9. The minimum Gasteiger partial charge on any atom is -0.479 e. The van der Waals surface area contributed by atoms with Gasteiger partial charge in [-0.05, 0) is 37.7 Å². The summed E-state index contributed by atoms with van der Waals surface area (Å²) >= 11 is 1.56. The second-order valence-corrected chi connectivity index (χ2v) is 6.07. The molecule has 2 rings (SSSR count). The fourth-order valence-electron chi connectivity index (χ4n) is 2.24. The zero-order valence-corrected chi connectivity index (χ0v) is 11.8. The maximum absolute atomic E-state index is 12.3. The van der Waals surface area contributed by atoms with Gasteiger partial charge in [0.25, 0.3) is 5.91 Å². The number of thioether (sulfide) groups is 1. The number of carbonyl (C=O) groups is 2. The molecule has 1 fully saturated rings. The van der Waals surface area contributed by atoms with Gasteiger partial charge in [0, 0.05) is 11.3 Å². The predicted octanol–water partition coefficient (Wildman–Crippen LogP) is 1.99. The van der Waals surface area contributed by atoms with Crippen LogP contribution in [0.1, 0.15) is 27.9 Å². The maximum atomic E-state index is 12.3. The third-order valence-electron chi connectivity index (χ3n) is 3.41. The van der Waals surface area contributed by atoms with E-state index in [2.05, 4.69) is 5.32 Å². The molecule has 0 radical (unpaired) electrons. The number of carboxylic acids is 1. The van der Waals surface area contributed by atoms with Crippen LogP contribution in [-0.4, -0.2) is 34.0 Å². The van der Waals surface area contributed by atoms with Gasteiger partial charge in [-0.1, -0.05) is 17.7 Å². The number of carboxylic acid groups (broad SMARTS) is 1. The highest BCUT2D eigenvalue weighted by Crippen LogP contribution is 2.28. The van der Waals surface area contributed by atoms with Crippen LogP contribution < -0.4 is 5.32 Å². The fraction of sp³-hybridized carbons (Fsp3) is 0.429. The van der Waals surface area contributed by atoms with E-state index in [0.29, 0.717) is 17.7 Å². The molecule has 0 saturated carbocycles. The van der Waals surface area contributed by atoms with E-state index in [9.17, 15) is 14.7 Å². The quantitative estimate of drug-likeness (QED) is 0.888. The Kier molecular flexibility index (Phi) is 3.85. The Morgan fingerprint density at radius 1 is 1.37 bits per heavy atom. The molecule has 1 unspecified atom stereocenters. The van der Waals surface area contributed by atoms with Crippen molar-refractivity contribution >= 4 is 23.6 Å². The van der Waals surface area contributed by atoms with Gasteiger partial charge in [0.2, 0.25) is 0 Å². The molecule has 1 aliphatic heterocycles. The molecule has 102 valence electrons. The summed E-state index contributed by atoms with van der Waals surface area (Å²) in [5, 5.41) is 12.1. The zero-order valence-electron chi connectivity index (χ0n) is 11.0. The van der Waals surface area contributed by atoms with Crippen LogP contribution in [0.3, 0.4) is 0 Å². The number of benzene rings is 1. The summed E-state index contributed by atoms with van der Waals surface area (Å²) < 4.78 is 0. The van der Waals surface area contributed by atoms with Crippen molar-refractivity contribution in [3.05, 3.63) is 34.9 Å². The summed E-state index contributed by atoms with van der Waals surface area (Å²) in [5.41, 5.74) is 1.38. The number of amides is 1. The van der Waals surface area contributed by atoms with Gasteiger partial charge in [0.05, 0.1) is 0 Å². The smallest absolute Gasteiger partial charge is 0.330 e. The van der Waals surface area contributed by atoms with E-state index in [1.807, 2.05) is 26.0 Å². The molecule has 1 aliphatic rings. The van der Waals surface area contributed by atoms with Gasteiger partial charge in [-0.2, -0.15) is 11.8 Å². The summed E-state index contributed by atoms with van der Waals surface area (Å²) in [4.78, 5) is 23.7. The molecule has 1 heterocycles. The van der Waals surface area contributed by atoms with Gasteiger partial charge in [0.1, 0.15) is 5.54 Å². The summed E-state index contributed by atoms with van der Waals surface area (Å²) in [5.74, 6) is -0.0589. The van der Waals surface area contributed by atoms with Gasteiger partial charge in [-0.3, -0.25) is 4.79 Å². The molecule has 19 heavy (non-hydrogen) atoms. The highest BCUT2D eigenvalue weighted by atomic mass is 32.2.